The predicted molar refractivity (Wildman–Crippen MR) is 143 cm³/mol. The lowest BCUT2D eigenvalue weighted by Crippen LogP contribution is -2.44. The standard InChI is InChI=1S/C28H25N7O/c1-34-11-13-35(14-12-34)19-4-7-25-26(16-19)31-28(30-25)27-22-17-21(6-9-24(22)32-33-27)36-20-5-8-23-18(15-20)3-2-10-29-23/h2-10,15-17H,11-14H2,1H3,(H,30,31)(H,32,33). The second-order valence-electron chi connectivity index (χ2n) is 9.32. The lowest BCUT2D eigenvalue weighted by molar-refractivity contribution is 0.313. The van der Waals surface area contributed by atoms with E-state index in [1.807, 2.05) is 48.5 Å². The summed E-state index contributed by atoms with van der Waals surface area (Å²) < 4.78 is 6.20. The number of anilines is 1. The fourth-order valence-corrected chi connectivity index (χ4v) is 4.86. The van der Waals surface area contributed by atoms with Gasteiger partial charge in [-0.15, -0.1) is 0 Å². The van der Waals surface area contributed by atoms with E-state index in [1.54, 1.807) is 6.20 Å². The maximum atomic E-state index is 6.20. The summed E-state index contributed by atoms with van der Waals surface area (Å²) in [6.07, 6.45) is 1.79. The van der Waals surface area contributed by atoms with Gasteiger partial charge in [-0.25, -0.2) is 4.98 Å². The Hall–Kier alpha value is -4.43. The van der Waals surface area contributed by atoms with Crippen molar-refractivity contribution in [2.45, 2.75) is 0 Å². The van der Waals surface area contributed by atoms with E-state index in [0.717, 1.165) is 82.0 Å². The quantitative estimate of drug-likeness (QED) is 0.365. The third-order valence-electron chi connectivity index (χ3n) is 6.90. The Balaban J connectivity index is 1.21. The lowest BCUT2D eigenvalue weighted by atomic mass is 10.2. The molecule has 7 rings (SSSR count). The summed E-state index contributed by atoms with van der Waals surface area (Å²) >= 11 is 0. The molecule has 178 valence electrons. The number of hydrogen-bond donors (Lipinski definition) is 2. The Labute approximate surface area is 207 Å². The van der Waals surface area contributed by atoms with Crippen molar-refractivity contribution in [3.63, 3.8) is 0 Å². The molecule has 1 saturated heterocycles. The molecule has 3 aromatic heterocycles. The molecule has 2 N–H and O–H groups in total. The highest BCUT2D eigenvalue weighted by molar-refractivity contribution is 5.94. The van der Waals surface area contributed by atoms with E-state index >= 15 is 0 Å². The minimum absolute atomic E-state index is 0.737. The van der Waals surface area contributed by atoms with Crippen molar-refractivity contribution in [3.8, 4) is 23.0 Å². The van der Waals surface area contributed by atoms with Crippen molar-refractivity contribution < 1.29 is 4.74 Å². The summed E-state index contributed by atoms with van der Waals surface area (Å²) in [5.41, 5.74) is 5.80. The summed E-state index contributed by atoms with van der Waals surface area (Å²) in [7, 11) is 2.17. The molecule has 0 saturated carbocycles. The van der Waals surface area contributed by atoms with Crippen LogP contribution in [0.15, 0.2) is 72.9 Å². The highest BCUT2D eigenvalue weighted by Gasteiger charge is 2.17. The molecular formula is C28H25N7O. The van der Waals surface area contributed by atoms with Gasteiger partial charge in [-0.3, -0.25) is 10.1 Å². The van der Waals surface area contributed by atoms with Crippen LogP contribution in [-0.2, 0) is 0 Å². The van der Waals surface area contributed by atoms with Crippen molar-refractivity contribution in [1.82, 2.24) is 30.0 Å². The van der Waals surface area contributed by atoms with Gasteiger partial charge in [-0.1, -0.05) is 6.07 Å². The first-order valence-electron chi connectivity index (χ1n) is 12.1. The van der Waals surface area contributed by atoms with Gasteiger partial charge >= 0.3 is 0 Å². The number of likely N-dealkylation sites (N-methyl/N-ethyl adjacent to an activating group) is 1. The number of pyridine rings is 1. The number of fused-ring (bicyclic) bond motifs is 3. The number of H-pyrrole nitrogens is 2. The minimum atomic E-state index is 0.737. The van der Waals surface area contributed by atoms with Gasteiger partial charge in [-0.2, -0.15) is 5.10 Å². The maximum absolute atomic E-state index is 6.20. The van der Waals surface area contributed by atoms with Crippen LogP contribution in [0.25, 0.3) is 44.4 Å². The molecule has 0 bridgehead atoms. The highest BCUT2D eigenvalue weighted by Crippen LogP contribution is 2.32. The van der Waals surface area contributed by atoms with Crippen LogP contribution in [-0.4, -0.2) is 63.3 Å². The molecule has 0 spiro atoms. The van der Waals surface area contributed by atoms with Crippen LogP contribution in [0.3, 0.4) is 0 Å². The first-order chi connectivity index (χ1) is 17.7. The monoisotopic (exact) mass is 475 g/mol. The molecule has 0 amide bonds. The summed E-state index contributed by atoms with van der Waals surface area (Å²) in [4.78, 5) is 17.5. The fraction of sp³-hybridized carbons (Fsp3) is 0.179. The smallest absolute Gasteiger partial charge is 0.159 e. The Bertz CT molecular complexity index is 1710. The average Bonchev–Trinajstić information content (AvgIpc) is 3.52. The number of aromatic nitrogens is 5. The van der Waals surface area contributed by atoms with E-state index in [1.165, 1.54) is 5.69 Å². The molecule has 1 aliphatic rings. The molecule has 8 heteroatoms. The number of ether oxygens (including phenoxy) is 1. The number of imidazole rings is 1. The van der Waals surface area contributed by atoms with Crippen LogP contribution in [0.5, 0.6) is 11.5 Å². The van der Waals surface area contributed by atoms with E-state index in [9.17, 15) is 0 Å². The van der Waals surface area contributed by atoms with Crippen LogP contribution in [0.2, 0.25) is 0 Å². The van der Waals surface area contributed by atoms with Gasteiger partial charge in [-0.05, 0) is 67.7 Å². The molecule has 36 heavy (non-hydrogen) atoms. The number of hydrogen-bond acceptors (Lipinski definition) is 6. The number of rotatable bonds is 4. The summed E-state index contributed by atoms with van der Waals surface area (Å²) in [5.74, 6) is 2.24. The van der Waals surface area contributed by atoms with E-state index in [4.69, 9.17) is 9.72 Å². The van der Waals surface area contributed by atoms with Gasteiger partial charge < -0.3 is 19.5 Å². The Morgan fingerprint density at radius 1 is 0.833 bits per heavy atom. The summed E-state index contributed by atoms with van der Waals surface area (Å²) in [6.45, 7) is 4.21. The van der Waals surface area contributed by atoms with Crippen molar-refractivity contribution in [3.05, 3.63) is 72.9 Å². The summed E-state index contributed by atoms with van der Waals surface area (Å²) in [6, 6.07) is 22.2. The van der Waals surface area contributed by atoms with Gasteiger partial charge in [0.05, 0.1) is 22.1 Å². The molecule has 1 aliphatic heterocycles. The molecule has 3 aromatic carbocycles. The molecule has 6 aromatic rings. The normalized spacial score (nSPS) is 14.8. The second-order valence-corrected chi connectivity index (χ2v) is 9.32. The Morgan fingerprint density at radius 3 is 2.58 bits per heavy atom. The van der Waals surface area contributed by atoms with Gasteiger partial charge in [0.1, 0.15) is 17.2 Å². The van der Waals surface area contributed by atoms with Crippen LogP contribution < -0.4 is 9.64 Å². The van der Waals surface area contributed by atoms with Crippen LogP contribution in [0.4, 0.5) is 5.69 Å². The maximum Gasteiger partial charge on any atom is 0.159 e. The molecule has 4 heterocycles. The second kappa shape index (κ2) is 8.35. The number of nitrogens with one attached hydrogen (secondary N) is 2. The first kappa shape index (κ1) is 20.9. The van der Waals surface area contributed by atoms with E-state index < -0.39 is 0 Å². The van der Waals surface area contributed by atoms with Crippen molar-refractivity contribution in [2.75, 3.05) is 38.1 Å². The average molecular weight is 476 g/mol. The SMILES string of the molecule is CN1CCN(c2ccc3nc(-c4n[nH]c5ccc(Oc6ccc7ncccc7c6)cc45)[nH]c3c2)CC1. The van der Waals surface area contributed by atoms with Crippen molar-refractivity contribution in [2.24, 2.45) is 0 Å². The van der Waals surface area contributed by atoms with Gasteiger partial charge in [0.2, 0.25) is 0 Å². The van der Waals surface area contributed by atoms with E-state index in [2.05, 4.69) is 55.2 Å². The van der Waals surface area contributed by atoms with Crippen molar-refractivity contribution >= 4 is 38.5 Å². The topological polar surface area (TPSA) is 86.0 Å². The minimum Gasteiger partial charge on any atom is -0.457 e. The number of aromatic amines is 2. The fourth-order valence-electron chi connectivity index (χ4n) is 4.86. The molecule has 0 unspecified atom stereocenters. The third kappa shape index (κ3) is 3.72. The largest absolute Gasteiger partial charge is 0.457 e. The Morgan fingerprint density at radius 2 is 1.67 bits per heavy atom. The van der Waals surface area contributed by atoms with Crippen LogP contribution in [0.1, 0.15) is 0 Å². The van der Waals surface area contributed by atoms with E-state index in [-0.39, 0.29) is 0 Å². The molecule has 8 nitrogen and oxygen atoms in total. The van der Waals surface area contributed by atoms with Gasteiger partial charge in [0.25, 0.3) is 0 Å². The number of benzene rings is 3. The predicted octanol–water partition coefficient (Wildman–Crippen LogP) is 5.20. The van der Waals surface area contributed by atoms with Crippen molar-refractivity contribution in [1.29, 1.82) is 0 Å². The highest BCUT2D eigenvalue weighted by atomic mass is 16.5. The van der Waals surface area contributed by atoms with Crippen LogP contribution >= 0.6 is 0 Å². The van der Waals surface area contributed by atoms with Gasteiger partial charge in [0.15, 0.2) is 5.82 Å². The molecule has 1 fully saturated rings. The zero-order valence-electron chi connectivity index (χ0n) is 19.9. The first-order valence-corrected chi connectivity index (χ1v) is 12.1. The molecule has 0 radical (unpaired) electrons. The molecule has 0 aliphatic carbocycles. The molecule has 0 atom stereocenters. The molecular weight excluding hydrogens is 450 g/mol. The Kier molecular flexibility index (Phi) is 4.85. The zero-order chi connectivity index (χ0) is 24.1. The van der Waals surface area contributed by atoms with Gasteiger partial charge in [0, 0.05) is 48.8 Å². The van der Waals surface area contributed by atoms with E-state index in [0.29, 0.717) is 0 Å². The summed E-state index contributed by atoms with van der Waals surface area (Å²) in [5, 5.41) is 9.69. The van der Waals surface area contributed by atoms with Crippen LogP contribution in [0, 0.1) is 0 Å². The lowest BCUT2D eigenvalue weighted by Gasteiger charge is -2.34. The third-order valence-corrected chi connectivity index (χ3v) is 6.90. The zero-order valence-corrected chi connectivity index (χ0v) is 19.9. The number of nitrogens with zero attached hydrogens (tertiary/aromatic N) is 5. The number of piperazine rings is 1.